The molecule has 6 unspecified atom stereocenters. The van der Waals surface area contributed by atoms with Gasteiger partial charge < -0.3 is 16.0 Å². The molecule has 4 nitrogen and oxygen atoms in total. The molecule has 3 rings (SSSR count). The summed E-state index contributed by atoms with van der Waals surface area (Å²) in [4.78, 5) is 4.25. The van der Waals surface area contributed by atoms with E-state index in [1.54, 1.807) is 4.90 Å². The molecule has 3 fully saturated rings. The van der Waals surface area contributed by atoms with Crippen LogP contribution in [0.5, 0.6) is 0 Å². The molecule has 0 aromatic heterocycles. The maximum Gasteiger partial charge on any atom is 0.146 e. The first kappa shape index (κ1) is 12.9. The molecule has 6 atom stereocenters. The number of nitrogens with two attached hydrogens (primary N) is 2. The lowest BCUT2D eigenvalue weighted by molar-refractivity contribution is -0.905. The van der Waals surface area contributed by atoms with E-state index in [9.17, 15) is 0 Å². The van der Waals surface area contributed by atoms with Crippen LogP contribution in [0.4, 0.5) is 0 Å². The summed E-state index contributed by atoms with van der Waals surface area (Å²) in [5.41, 5.74) is 6.68. The molecule has 18 heavy (non-hydrogen) atoms. The first-order chi connectivity index (χ1) is 8.66. The van der Waals surface area contributed by atoms with Crippen LogP contribution in [0.1, 0.15) is 25.7 Å². The Morgan fingerprint density at radius 3 is 2.89 bits per heavy atom. The fourth-order valence-electron chi connectivity index (χ4n) is 4.61. The number of likely N-dealkylation sites (tertiary alicyclic amines) is 2. The number of piperidine rings is 2. The number of rotatable bonds is 0. The molecule has 4 heteroatoms. The van der Waals surface area contributed by atoms with E-state index in [0.29, 0.717) is 18.1 Å². The van der Waals surface area contributed by atoms with E-state index in [1.165, 1.54) is 45.3 Å². The fraction of sp³-hybridized carbons (Fsp3) is 1.00. The van der Waals surface area contributed by atoms with Crippen LogP contribution in [0.3, 0.4) is 0 Å². The minimum absolute atomic E-state index is 0.431. The highest BCUT2D eigenvalue weighted by Crippen LogP contribution is 2.29. The summed E-state index contributed by atoms with van der Waals surface area (Å²) < 4.78 is 0. The molecule has 3 aliphatic heterocycles. The molecule has 0 spiro atoms. The number of nitrogens with one attached hydrogen (secondary N) is 1. The summed E-state index contributed by atoms with van der Waals surface area (Å²) in [5.74, 6) is 1.45. The average molecular weight is 254 g/mol. The number of hydrogen-bond acceptors (Lipinski definition) is 2. The molecule has 0 aromatic rings. The van der Waals surface area contributed by atoms with Crippen LogP contribution in [-0.2, 0) is 0 Å². The predicted molar refractivity (Wildman–Crippen MR) is 72.2 cm³/mol. The minimum Gasteiger partial charge on any atom is -0.337 e. The van der Waals surface area contributed by atoms with Crippen LogP contribution in [0, 0.1) is 11.8 Å². The second kappa shape index (κ2) is 5.08. The molecule has 3 saturated heterocycles. The molecule has 0 amide bonds. The number of nitrogens with zero attached hydrogens (tertiary/aromatic N) is 1. The first-order valence-electron chi connectivity index (χ1n) is 7.79. The first-order valence-corrected chi connectivity index (χ1v) is 7.79. The van der Waals surface area contributed by atoms with Crippen molar-refractivity contribution in [3.63, 3.8) is 0 Å². The van der Waals surface area contributed by atoms with Crippen LogP contribution in [0.15, 0.2) is 0 Å². The number of hydrogen-bond donors (Lipinski definition) is 3. The van der Waals surface area contributed by atoms with Gasteiger partial charge in [0.05, 0.1) is 26.1 Å². The zero-order chi connectivity index (χ0) is 12.7. The van der Waals surface area contributed by atoms with Gasteiger partial charge in [0.15, 0.2) is 0 Å². The predicted octanol–water partition coefficient (Wildman–Crippen LogP) is -2.15. The van der Waals surface area contributed by atoms with Gasteiger partial charge >= 0.3 is 0 Å². The van der Waals surface area contributed by atoms with E-state index in [1.807, 2.05) is 0 Å². The maximum absolute atomic E-state index is 6.68. The van der Waals surface area contributed by atoms with E-state index in [2.05, 4.69) is 24.3 Å². The summed E-state index contributed by atoms with van der Waals surface area (Å²) >= 11 is 0. The Labute approximate surface area is 111 Å². The third-order valence-electron chi connectivity index (χ3n) is 5.72. The molecular weight excluding hydrogens is 224 g/mol. The Kier molecular flexibility index (Phi) is 3.63. The zero-order valence-corrected chi connectivity index (χ0v) is 11.9. The molecule has 0 aromatic carbocycles. The van der Waals surface area contributed by atoms with Gasteiger partial charge in [-0.2, -0.15) is 0 Å². The summed E-state index contributed by atoms with van der Waals surface area (Å²) in [6.45, 7) is 3.87. The Morgan fingerprint density at radius 2 is 2.06 bits per heavy atom. The van der Waals surface area contributed by atoms with Crippen LogP contribution in [-0.4, -0.2) is 56.9 Å². The quantitative estimate of drug-likeness (QED) is 0.462. The van der Waals surface area contributed by atoms with Gasteiger partial charge in [0, 0.05) is 24.9 Å². The topological polar surface area (TPSA) is 50.3 Å². The molecule has 104 valence electrons. The van der Waals surface area contributed by atoms with Gasteiger partial charge in [-0.1, -0.05) is 6.42 Å². The third kappa shape index (κ3) is 2.20. The van der Waals surface area contributed by atoms with Crippen molar-refractivity contribution < 1.29 is 10.2 Å². The second-order valence-corrected chi connectivity index (χ2v) is 6.93. The largest absolute Gasteiger partial charge is 0.337 e. The van der Waals surface area contributed by atoms with Gasteiger partial charge in [-0.15, -0.1) is 0 Å². The lowest BCUT2D eigenvalue weighted by Crippen LogP contribution is -3.16. The highest BCUT2D eigenvalue weighted by Gasteiger charge is 2.50. The van der Waals surface area contributed by atoms with Gasteiger partial charge in [-0.25, -0.2) is 0 Å². The normalized spacial score (nSPS) is 50.2. The minimum atomic E-state index is 0.431. The van der Waals surface area contributed by atoms with Crippen LogP contribution < -0.4 is 16.0 Å². The Balaban J connectivity index is 1.79. The summed E-state index contributed by atoms with van der Waals surface area (Å²) in [6, 6.07) is 1.21. The number of fused-ring (bicyclic) bond motifs is 2. The Hall–Kier alpha value is -0.160. The monoisotopic (exact) mass is 254 g/mol. The van der Waals surface area contributed by atoms with Crippen molar-refractivity contribution in [1.82, 2.24) is 4.90 Å². The SMILES string of the molecule is CN1CCCCC2C(N)C3C[NH+](C)CCC3[NH2+]C21. The van der Waals surface area contributed by atoms with E-state index < -0.39 is 0 Å². The molecule has 0 bridgehead atoms. The molecule has 0 radical (unpaired) electrons. The molecule has 0 aliphatic carbocycles. The van der Waals surface area contributed by atoms with Crippen LogP contribution in [0.2, 0.25) is 0 Å². The average Bonchev–Trinajstić information content (AvgIpc) is 2.54. The lowest BCUT2D eigenvalue weighted by atomic mass is 9.74. The Morgan fingerprint density at radius 1 is 1.22 bits per heavy atom. The molecule has 0 saturated carbocycles. The molecule has 3 heterocycles. The fourth-order valence-corrected chi connectivity index (χ4v) is 4.61. The summed E-state index contributed by atoms with van der Waals surface area (Å²) in [5, 5.41) is 2.68. The number of quaternary nitrogens is 2. The molecular formula is C14H30N4+2. The molecule has 3 aliphatic rings. The standard InChI is InChI=1S/C14H28N4/c1-17-8-6-12-11(9-17)13(15)10-5-3-4-7-18(2)14(10)16-12/h10-14,16H,3-9,15H2,1-2H3/p+2. The van der Waals surface area contributed by atoms with Gasteiger partial charge in [-0.3, -0.25) is 4.90 Å². The summed E-state index contributed by atoms with van der Waals surface area (Å²) in [7, 11) is 4.63. The van der Waals surface area contributed by atoms with Gasteiger partial charge in [-0.05, 0) is 19.9 Å². The summed E-state index contributed by atoms with van der Waals surface area (Å²) in [6.07, 6.45) is 6.07. The van der Waals surface area contributed by atoms with Crippen molar-refractivity contribution in [3.05, 3.63) is 0 Å². The van der Waals surface area contributed by atoms with E-state index in [0.717, 1.165) is 12.0 Å². The van der Waals surface area contributed by atoms with E-state index in [4.69, 9.17) is 5.73 Å². The maximum atomic E-state index is 6.68. The van der Waals surface area contributed by atoms with Crippen molar-refractivity contribution in [2.24, 2.45) is 17.6 Å². The van der Waals surface area contributed by atoms with Crippen molar-refractivity contribution in [2.75, 3.05) is 33.7 Å². The van der Waals surface area contributed by atoms with E-state index in [-0.39, 0.29) is 0 Å². The van der Waals surface area contributed by atoms with Gasteiger partial charge in [0.1, 0.15) is 12.2 Å². The third-order valence-corrected chi connectivity index (χ3v) is 5.72. The van der Waals surface area contributed by atoms with Crippen LogP contribution in [0.25, 0.3) is 0 Å². The smallest absolute Gasteiger partial charge is 0.146 e. The zero-order valence-electron chi connectivity index (χ0n) is 11.9. The van der Waals surface area contributed by atoms with E-state index >= 15 is 0 Å². The van der Waals surface area contributed by atoms with Crippen molar-refractivity contribution in [2.45, 2.75) is 43.9 Å². The van der Waals surface area contributed by atoms with Gasteiger partial charge in [0.2, 0.25) is 0 Å². The van der Waals surface area contributed by atoms with Gasteiger partial charge in [0.25, 0.3) is 0 Å². The molecule has 5 N–H and O–H groups in total. The second-order valence-electron chi connectivity index (χ2n) is 6.93. The Bertz CT molecular complexity index is 296. The highest BCUT2D eigenvalue weighted by atomic mass is 15.3. The highest BCUT2D eigenvalue weighted by molar-refractivity contribution is 4.92. The van der Waals surface area contributed by atoms with Crippen molar-refractivity contribution in [3.8, 4) is 0 Å². The van der Waals surface area contributed by atoms with Crippen molar-refractivity contribution >= 4 is 0 Å². The van der Waals surface area contributed by atoms with Crippen LogP contribution >= 0.6 is 0 Å². The van der Waals surface area contributed by atoms with Crippen molar-refractivity contribution in [1.29, 1.82) is 0 Å². The lowest BCUT2D eigenvalue weighted by Gasteiger charge is -2.47.